The Balaban J connectivity index is 2.12. The van der Waals surface area contributed by atoms with Gasteiger partial charge in [-0.3, -0.25) is 9.97 Å². The van der Waals surface area contributed by atoms with Crippen molar-refractivity contribution in [2.45, 2.75) is 11.8 Å². The van der Waals surface area contributed by atoms with Crippen LogP contribution in [0.2, 0.25) is 0 Å². The van der Waals surface area contributed by atoms with E-state index in [0.29, 0.717) is 0 Å². The van der Waals surface area contributed by atoms with Crippen LogP contribution >= 0.6 is 0 Å². The van der Waals surface area contributed by atoms with Crippen molar-refractivity contribution < 1.29 is 0 Å². The van der Waals surface area contributed by atoms with Crippen molar-refractivity contribution in [3.63, 3.8) is 0 Å². The molecule has 0 aliphatic heterocycles. The van der Waals surface area contributed by atoms with Crippen LogP contribution in [0.3, 0.4) is 0 Å². The third kappa shape index (κ3) is 0.986. The molecule has 5 rings (SSSR count). The zero-order valence-corrected chi connectivity index (χ0v) is 9.93. The van der Waals surface area contributed by atoms with Crippen LogP contribution in [0.5, 0.6) is 0 Å². The number of allylic oxidation sites excluding steroid dienone is 2. The highest BCUT2D eigenvalue weighted by Gasteiger charge is 2.41. The summed E-state index contributed by atoms with van der Waals surface area (Å²) in [5, 5.41) is 0. The van der Waals surface area contributed by atoms with Gasteiger partial charge in [-0.15, -0.1) is 0 Å². The second-order valence-corrected chi connectivity index (χ2v) is 4.93. The summed E-state index contributed by atoms with van der Waals surface area (Å²) in [4.78, 5) is 8.52. The molecule has 0 amide bonds. The first-order valence-corrected chi connectivity index (χ1v) is 6.04. The monoisotopic (exact) mass is 232 g/mol. The van der Waals surface area contributed by atoms with E-state index in [4.69, 9.17) is 0 Å². The Hall–Kier alpha value is -2.22. The molecule has 2 bridgehead atoms. The van der Waals surface area contributed by atoms with Crippen LogP contribution in [0.1, 0.15) is 34.1 Å². The van der Waals surface area contributed by atoms with Crippen LogP contribution in [0.15, 0.2) is 61.2 Å². The highest BCUT2D eigenvalue weighted by Crippen LogP contribution is 2.56. The quantitative estimate of drug-likeness (QED) is 0.697. The van der Waals surface area contributed by atoms with Gasteiger partial charge in [0.1, 0.15) is 0 Å². The van der Waals surface area contributed by atoms with Crippen molar-refractivity contribution in [3.05, 3.63) is 83.5 Å². The lowest BCUT2D eigenvalue weighted by molar-refractivity contribution is 0.733. The molecule has 86 valence electrons. The highest BCUT2D eigenvalue weighted by atomic mass is 14.7. The van der Waals surface area contributed by atoms with Crippen molar-refractivity contribution in [1.29, 1.82) is 0 Å². The zero-order chi connectivity index (χ0) is 12.3. The van der Waals surface area contributed by atoms with Crippen molar-refractivity contribution in [3.8, 4) is 0 Å². The van der Waals surface area contributed by atoms with Crippen molar-refractivity contribution in [2.24, 2.45) is 0 Å². The number of nitrogens with zero attached hydrogens (tertiary/aromatic N) is 2. The number of fused-ring (bicyclic) bond motifs is 1. The molecule has 3 aliphatic carbocycles. The molecule has 0 saturated heterocycles. The fourth-order valence-corrected chi connectivity index (χ4v) is 3.30. The molecule has 2 aromatic heterocycles. The molecular weight excluding hydrogens is 220 g/mol. The molecule has 0 saturated carbocycles. The molecular formula is C16H12N2. The molecule has 0 atom stereocenters. The summed E-state index contributed by atoms with van der Waals surface area (Å²) in [6.07, 6.45) is 7.63. The Morgan fingerprint density at radius 2 is 1.17 bits per heavy atom. The third-order valence-corrected chi connectivity index (χ3v) is 4.13. The fraction of sp³-hybridized carbons (Fsp3) is 0.125. The van der Waals surface area contributed by atoms with E-state index in [0.717, 1.165) is 11.1 Å². The van der Waals surface area contributed by atoms with E-state index in [1.807, 2.05) is 24.8 Å². The van der Waals surface area contributed by atoms with Crippen LogP contribution in [0.25, 0.3) is 0 Å². The minimum absolute atomic E-state index is 0.190. The SMILES string of the molecule is C=C1C(=C)C2c3cnccc3C1c1ccncc12. The Morgan fingerprint density at radius 3 is 1.67 bits per heavy atom. The van der Waals surface area contributed by atoms with Gasteiger partial charge >= 0.3 is 0 Å². The lowest BCUT2D eigenvalue weighted by atomic mass is 9.61. The summed E-state index contributed by atoms with van der Waals surface area (Å²) < 4.78 is 0. The van der Waals surface area contributed by atoms with Gasteiger partial charge in [0.15, 0.2) is 0 Å². The first kappa shape index (κ1) is 9.77. The largest absolute Gasteiger partial charge is 0.264 e. The molecule has 2 nitrogen and oxygen atoms in total. The maximum Gasteiger partial charge on any atom is 0.0373 e. The minimum atomic E-state index is 0.190. The maximum absolute atomic E-state index is 4.26. The second-order valence-electron chi connectivity index (χ2n) is 4.93. The van der Waals surface area contributed by atoms with E-state index in [2.05, 4.69) is 35.3 Å². The first-order valence-electron chi connectivity index (χ1n) is 6.04. The normalized spacial score (nSPS) is 23.8. The molecule has 0 unspecified atom stereocenters. The molecule has 2 aromatic rings. The van der Waals surface area contributed by atoms with E-state index in [9.17, 15) is 0 Å². The van der Waals surface area contributed by atoms with Gasteiger partial charge in [-0.05, 0) is 45.5 Å². The van der Waals surface area contributed by atoms with E-state index in [1.54, 1.807) is 0 Å². The topological polar surface area (TPSA) is 25.8 Å². The zero-order valence-electron chi connectivity index (χ0n) is 9.93. The number of hydrogen-bond donors (Lipinski definition) is 0. The molecule has 2 heteroatoms. The van der Waals surface area contributed by atoms with Gasteiger partial charge in [-0.2, -0.15) is 0 Å². The number of aromatic nitrogens is 2. The summed E-state index contributed by atoms with van der Waals surface area (Å²) >= 11 is 0. The molecule has 0 spiro atoms. The molecule has 0 fully saturated rings. The van der Waals surface area contributed by atoms with Crippen molar-refractivity contribution in [1.82, 2.24) is 9.97 Å². The van der Waals surface area contributed by atoms with Crippen LogP contribution in [0, 0.1) is 0 Å². The highest BCUT2D eigenvalue weighted by molar-refractivity contribution is 5.67. The van der Waals surface area contributed by atoms with Gasteiger partial charge < -0.3 is 0 Å². The summed E-state index contributed by atoms with van der Waals surface area (Å²) in [5.41, 5.74) is 7.43. The van der Waals surface area contributed by atoms with E-state index in [1.165, 1.54) is 22.3 Å². The van der Waals surface area contributed by atoms with Crippen LogP contribution in [0.4, 0.5) is 0 Å². The van der Waals surface area contributed by atoms with Gasteiger partial charge in [0.2, 0.25) is 0 Å². The Labute approximate surface area is 106 Å². The predicted octanol–water partition coefficient (Wildman–Crippen LogP) is 3.18. The summed E-state index contributed by atoms with van der Waals surface area (Å²) in [7, 11) is 0. The van der Waals surface area contributed by atoms with Crippen LogP contribution in [-0.4, -0.2) is 9.97 Å². The second kappa shape index (κ2) is 3.16. The van der Waals surface area contributed by atoms with Crippen molar-refractivity contribution in [2.75, 3.05) is 0 Å². The Bertz CT molecular complexity index is 592. The van der Waals surface area contributed by atoms with E-state index >= 15 is 0 Å². The molecule has 2 heterocycles. The minimum Gasteiger partial charge on any atom is -0.264 e. The third-order valence-electron chi connectivity index (χ3n) is 4.13. The summed E-state index contributed by atoms with van der Waals surface area (Å²) in [6.45, 7) is 8.46. The molecule has 0 aromatic carbocycles. The predicted molar refractivity (Wildman–Crippen MR) is 70.4 cm³/mol. The van der Waals surface area contributed by atoms with Gasteiger partial charge in [0.25, 0.3) is 0 Å². The smallest absolute Gasteiger partial charge is 0.0373 e. The van der Waals surface area contributed by atoms with Gasteiger partial charge in [-0.25, -0.2) is 0 Å². The fourth-order valence-electron chi connectivity index (χ4n) is 3.30. The van der Waals surface area contributed by atoms with Gasteiger partial charge in [-0.1, -0.05) is 13.2 Å². The number of pyridine rings is 2. The summed E-state index contributed by atoms with van der Waals surface area (Å²) in [5.74, 6) is 0.424. The number of rotatable bonds is 0. The van der Waals surface area contributed by atoms with E-state index < -0.39 is 0 Å². The Morgan fingerprint density at radius 1 is 0.722 bits per heavy atom. The van der Waals surface area contributed by atoms with Crippen LogP contribution in [-0.2, 0) is 0 Å². The average molecular weight is 232 g/mol. The lowest BCUT2D eigenvalue weighted by Crippen LogP contribution is -2.28. The summed E-state index contributed by atoms with van der Waals surface area (Å²) in [6, 6.07) is 4.21. The molecule has 0 radical (unpaired) electrons. The molecule has 0 N–H and O–H groups in total. The molecule has 3 aliphatic rings. The number of hydrogen-bond acceptors (Lipinski definition) is 2. The van der Waals surface area contributed by atoms with Gasteiger partial charge in [0, 0.05) is 36.6 Å². The Kier molecular flexibility index (Phi) is 1.72. The van der Waals surface area contributed by atoms with E-state index in [-0.39, 0.29) is 11.8 Å². The lowest BCUT2D eigenvalue weighted by Gasteiger charge is -2.42. The van der Waals surface area contributed by atoms with Gasteiger partial charge in [0.05, 0.1) is 0 Å². The first-order chi connectivity index (χ1) is 8.79. The van der Waals surface area contributed by atoms with Crippen molar-refractivity contribution >= 4 is 0 Å². The maximum atomic E-state index is 4.26. The molecule has 18 heavy (non-hydrogen) atoms. The average Bonchev–Trinajstić information content (AvgIpc) is 2.42. The van der Waals surface area contributed by atoms with Crippen LogP contribution < -0.4 is 0 Å². The standard InChI is InChI=1S/C16H12N2/c1-9-10(2)16-13-7-17-5-3-11(13)15(9)12-4-6-18-8-14(12)16/h3-8,15-16H,1-2H2.